The average Bonchev–Trinajstić information content (AvgIpc) is 3.16. The van der Waals surface area contributed by atoms with Crippen LogP contribution in [0.3, 0.4) is 0 Å². The number of aliphatic hydroxyl groups is 3. The van der Waals surface area contributed by atoms with Crippen LogP contribution in [0.5, 0.6) is 0 Å². The van der Waals surface area contributed by atoms with Crippen LogP contribution in [-0.4, -0.2) is 52.0 Å². The van der Waals surface area contributed by atoms with Crippen LogP contribution >= 0.6 is 0 Å². The molecule has 10 atom stereocenters. The van der Waals surface area contributed by atoms with Gasteiger partial charge in [-0.1, -0.05) is 32.9 Å². The van der Waals surface area contributed by atoms with Crippen LogP contribution in [0.4, 0.5) is 0 Å². The van der Waals surface area contributed by atoms with Gasteiger partial charge < -0.3 is 20.1 Å². The van der Waals surface area contributed by atoms with Gasteiger partial charge in [-0.05, 0) is 87.5 Å². The number of rotatable bonds is 6. The lowest BCUT2D eigenvalue weighted by atomic mass is 9.47. The topological polar surface area (TPSA) is 104 Å². The number of fused-ring (bicyclic) bond motifs is 4. The Kier molecular flexibility index (Phi) is 7.15. The van der Waals surface area contributed by atoms with Crippen molar-refractivity contribution in [2.75, 3.05) is 7.11 Å². The molecule has 0 spiro atoms. The number of methoxy groups -OCH3 is 1. The molecule has 0 saturated heterocycles. The number of Topliss-reactive ketones (excluding diaryl/α,β-unsaturated/α-hetero) is 1. The Bertz CT molecular complexity index is 971. The van der Waals surface area contributed by atoms with E-state index in [0.717, 1.165) is 42.4 Å². The average molecular weight is 505 g/mol. The molecule has 4 unspecified atom stereocenters. The molecule has 0 amide bonds. The highest BCUT2D eigenvalue weighted by atomic mass is 16.5. The molecular weight excluding hydrogens is 456 g/mol. The molecule has 6 nitrogen and oxygen atoms in total. The van der Waals surface area contributed by atoms with Gasteiger partial charge in [0.2, 0.25) is 0 Å². The number of esters is 1. The zero-order chi connectivity index (χ0) is 26.8. The number of carbonyl (C=O) groups excluding carboxylic acids is 2. The standard InChI is InChI=1S/C30H46O6.H2/c1-16(18(3)27(34)36-7)8-9-17(2)19-10-11-20-25-21(31)14-23-28(4,13-12-24(33)30(23,6)35)26(25)22(32)15-29(19,20)5;/h17-21,23-24,31,33,35H,1,8-15H2,2-7H3;1H/t17-,18?,19-,20+,21?,23?,24?,28+,29-,30-;/m1./s1. The first-order chi connectivity index (χ1) is 16.7. The minimum absolute atomic E-state index is 0. The predicted molar refractivity (Wildman–Crippen MR) is 140 cm³/mol. The Labute approximate surface area is 217 Å². The first-order valence-corrected chi connectivity index (χ1v) is 13.8. The third kappa shape index (κ3) is 4.03. The fourth-order valence-electron chi connectivity index (χ4n) is 8.88. The van der Waals surface area contributed by atoms with Gasteiger partial charge in [-0.3, -0.25) is 9.59 Å². The number of hydrogen-bond donors (Lipinski definition) is 3. The van der Waals surface area contributed by atoms with Gasteiger partial charge >= 0.3 is 5.97 Å². The van der Waals surface area contributed by atoms with Crippen LogP contribution < -0.4 is 0 Å². The van der Waals surface area contributed by atoms with Gasteiger partial charge in [0.15, 0.2) is 5.78 Å². The summed E-state index contributed by atoms with van der Waals surface area (Å²) < 4.78 is 4.87. The highest BCUT2D eigenvalue weighted by Gasteiger charge is 2.63. The molecule has 0 bridgehead atoms. The Morgan fingerprint density at radius 3 is 2.50 bits per heavy atom. The summed E-state index contributed by atoms with van der Waals surface area (Å²) in [6.07, 6.45) is 3.94. The summed E-state index contributed by atoms with van der Waals surface area (Å²) in [5.74, 6) is 0.0293. The van der Waals surface area contributed by atoms with Crippen molar-refractivity contribution in [2.24, 2.45) is 40.4 Å². The lowest BCUT2D eigenvalue weighted by Gasteiger charge is -2.59. The third-order valence-corrected chi connectivity index (χ3v) is 11.1. The first-order valence-electron chi connectivity index (χ1n) is 13.8. The molecule has 4 aliphatic rings. The molecule has 0 aromatic carbocycles. The largest absolute Gasteiger partial charge is 0.469 e. The Morgan fingerprint density at radius 1 is 1.19 bits per heavy atom. The monoisotopic (exact) mass is 504 g/mol. The Hall–Kier alpha value is -1.50. The normalized spacial score (nSPS) is 43.8. The Balaban J connectivity index is 0.00000380. The number of ether oxygens (including phenoxy) is 1. The summed E-state index contributed by atoms with van der Waals surface area (Å²) in [4.78, 5) is 25.8. The molecule has 3 N–H and O–H groups in total. The quantitative estimate of drug-likeness (QED) is 0.361. The van der Waals surface area contributed by atoms with Gasteiger partial charge in [0.1, 0.15) is 0 Å². The van der Waals surface area contributed by atoms with E-state index < -0.39 is 23.2 Å². The van der Waals surface area contributed by atoms with E-state index in [0.29, 0.717) is 37.5 Å². The summed E-state index contributed by atoms with van der Waals surface area (Å²) in [6, 6.07) is 0. The minimum Gasteiger partial charge on any atom is -0.469 e. The van der Waals surface area contributed by atoms with Gasteiger partial charge in [-0.15, -0.1) is 0 Å². The summed E-state index contributed by atoms with van der Waals surface area (Å²) >= 11 is 0. The highest BCUT2D eigenvalue weighted by Crippen LogP contribution is 2.66. The van der Waals surface area contributed by atoms with Gasteiger partial charge in [0, 0.05) is 24.8 Å². The summed E-state index contributed by atoms with van der Waals surface area (Å²) in [6.45, 7) is 14.2. The molecule has 36 heavy (non-hydrogen) atoms. The second kappa shape index (κ2) is 9.36. The van der Waals surface area contributed by atoms with E-state index in [2.05, 4.69) is 27.4 Å². The lowest BCUT2D eigenvalue weighted by molar-refractivity contribution is -0.174. The molecule has 0 heterocycles. The number of hydrogen-bond acceptors (Lipinski definition) is 6. The van der Waals surface area contributed by atoms with Crippen LogP contribution in [0.2, 0.25) is 0 Å². The van der Waals surface area contributed by atoms with Crippen molar-refractivity contribution in [3.05, 3.63) is 23.3 Å². The molecule has 0 radical (unpaired) electrons. The molecule has 2 fully saturated rings. The van der Waals surface area contributed by atoms with Crippen molar-refractivity contribution in [3.8, 4) is 0 Å². The van der Waals surface area contributed by atoms with Crippen molar-refractivity contribution < 1.29 is 31.1 Å². The van der Waals surface area contributed by atoms with Gasteiger partial charge in [0.05, 0.1) is 30.8 Å². The maximum Gasteiger partial charge on any atom is 0.312 e. The maximum atomic E-state index is 13.9. The van der Waals surface area contributed by atoms with Crippen molar-refractivity contribution in [2.45, 2.75) is 104 Å². The predicted octanol–water partition coefficient (Wildman–Crippen LogP) is 4.61. The fraction of sp³-hybridized carbons (Fsp3) is 0.800. The zero-order valence-electron chi connectivity index (χ0n) is 23.0. The molecule has 0 aliphatic heterocycles. The molecular formula is C30H48O6. The molecule has 0 aromatic heterocycles. The number of allylic oxidation sites excluding steroid dienone is 1. The second-order valence-corrected chi connectivity index (χ2v) is 13.1. The zero-order valence-corrected chi connectivity index (χ0v) is 23.0. The van der Waals surface area contributed by atoms with Crippen molar-refractivity contribution in [3.63, 3.8) is 0 Å². The van der Waals surface area contributed by atoms with Crippen LogP contribution in [0.25, 0.3) is 0 Å². The van der Waals surface area contributed by atoms with Crippen LogP contribution in [0.1, 0.15) is 87.4 Å². The van der Waals surface area contributed by atoms with Gasteiger partial charge in [0.25, 0.3) is 0 Å². The molecule has 4 rings (SSSR count). The van der Waals surface area contributed by atoms with E-state index in [1.807, 2.05) is 6.92 Å². The molecule has 6 heteroatoms. The maximum absolute atomic E-state index is 13.9. The van der Waals surface area contributed by atoms with Crippen LogP contribution in [-0.2, 0) is 14.3 Å². The smallest absolute Gasteiger partial charge is 0.312 e. The Morgan fingerprint density at radius 2 is 1.86 bits per heavy atom. The van der Waals surface area contributed by atoms with E-state index in [1.165, 1.54) is 7.11 Å². The third-order valence-electron chi connectivity index (χ3n) is 11.1. The fourth-order valence-corrected chi connectivity index (χ4v) is 8.88. The van der Waals surface area contributed by atoms with Gasteiger partial charge in [-0.2, -0.15) is 0 Å². The summed E-state index contributed by atoms with van der Waals surface area (Å²) in [7, 11) is 1.40. The molecule has 0 aromatic rings. The first kappa shape index (κ1) is 27.5. The van der Waals surface area contributed by atoms with Crippen molar-refractivity contribution in [1.82, 2.24) is 0 Å². The van der Waals surface area contributed by atoms with E-state index in [1.54, 1.807) is 6.92 Å². The summed E-state index contributed by atoms with van der Waals surface area (Å²) in [5, 5.41) is 33.2. The van der Waals surface area contributed by atoms with Crippen molar-refractivity contribution >= 4 is 11.8 Å². The van der Waals surface area contributed by atoms with Gasteiger partial charge in [-0.25, -0.2) is 0 Å². The molecule has 4 aliphatic carbocycles. The van der Waals surface area contributed by atoms with E-state index in [4.69, 9.17) is 4.74 Å². The highest BCUT2D eigenvalue weighted by molar-refractivity contribution is 5.99. The molecule has 2 saturated carbocycles. The minimum atomic E-state index is -1.33. The van der Waals surface area contributed by atoms with Crippen LogP contribution in [0, 0.1) is 40.4 Å². The number of ketones is 1. The van der Waals surface area contributed by atoms with E-state index in [9.17, 15) is 24.9 Å². The molecule has 204 valence electrons. The number of aliphatic hydroxyl groups excluding tert-OH is 2. The SMILES string of the molecule is C=C(CC[C@@H](C)[C@H]1CC[C@H]2C3=C(C(=O)C[C@]12C)[C@@]1(C)CCC(O)[C@](C)(O)C1CC3O)C(C)C(=O)OC.[HH]. The number of carbonyl (C=O) groups is 2. The second-order valence-electron chi connectivity index (χ2n) is 13.1. The van der Waals surface area contributed by atoms with E-state index >= 15 is 0 Å². The van der Waals surface area contributed by atoms with Crippen molar-refractivity contribution in [1.29, 1.82) is 0 Å². The summed E-state index contributed by atoms with van der Waals surface area (Å²) in [5.41, 5.74) is 0.496. The van der Waals surface area contributed by atoms with Crippen LogP contribution in [0.15, 0.2) is 23.3 Å². The van der Waals surface area contributed by atoms with E-state index in [-0.39, 0.29) is 36.3 Å². The lowest BCUT2D eigenvalue weighted by Crippen LogP contribution is -2.61.